The number of Topliss-reactive ketones (excluding diaryl/α,β-unsaturated/α-hetero) is 1. The zero-order valence-electron chi connectivity index (χ0n) is 19.5. The molecular weight excluding hydrogens is 490 g/mol. The average molecular weight is 520 g/mol. The zero-order valence-corrected chi connectivity index (χ0v) is 21.1. The molecule has 1 N–H and O–H groups in total. The van der Waals surface area contributed by atoms with Gasteiger partial charge in [-0.1, -0.05) is 64.8 Å². The van der Waals surface area contributed by atoms with Crippen LogP contribution in [0.5, 0.6) is 0 Å². The Hall–Kier alpha value is -2.66. The SMILES string of the molecule is CC1=C(C(=O)OC2CCCCC2)[C@H](c2cccc(Br)c2)C2=C(C[C@@H](c3ccccc3)CC2=O)N1. The lowest BCUT2D eigenvalue weighted by atomic mass is 9.71. The van der Waals surface area contributed by atoms with Gasteiger partial charge in [-0.05, 0) is 68.2 Å². The standard InChI is InChI=1S/C29H30BrNO3/c1-18-26(29(33)34-23-13-6-3-7-14-23)27(20-11-8-12-22(30)15-20)28-24(31-18)16-21(17-25(28)32)19-9-4-2-5-10-19/h2,4-5,8-12,15,21,23,27,31H,3,6-7,13-14,16-17H2,1H3/t21-,27+/m1/s1. The number of esters is 1. The molecule has 0 amide bonds. The average Bonchev–Trinajstić information content (AvgIpc) is 2.84. The van der Waals surface area contributed by atoms with E-state index in [4.69, 9.17) is 4.74 Å². The Balaban J connectivity index is 1.53. The smallest absolute Gasteiger partial charge is 0.337 e. The summed E-state index contributed by atoms with van der Waals surface area (Å²) in [5.41, 5.74) is 5.10. The maximum Gasteiger partial charge on any atom is 0.337 e. The van der Waals surface area contributed by atoms with E-state index in [9.17, 15) is 9.59 Å². The zero-order chi connectivity index (χ0) is 23.7. The molecule has 0 unspecified atom stereocenters. The number of halogens is 1. The summed E-state index contributed by atoms with van der Waals surface area (Å²) in [6.07, 6.45) is 6.37. The Morgan fingerprint density at radius 2 is 1.71 bits per heavy atom. The van der Waals surface area contributed by atoms with Crippen molar-refractivity contribution < 1.29 is 14.3 Å². The van der Waals surface area contributed by atoms with Crippen LogP contribution in [0.15, 0.2) is 81.6 Å². The Bertz CT molecular complexity index is 1160. The topological polar surface area (TPSA) is 55.4 Å². The second-order valence-electron chi connectivity index (χ2n) is 9.65. The number of benzene rings is 2. The molecule has 5 heteroatoms. The number of rotatable bonds is 4. The molecule has 2 atom stereocenters. The van der Waals surface area contributed by atoms with Crippen molar-refractivity contribution in [2.45, 2.75) is 69.8 Å². The van der Waals surface area contributed by atoms with Gasteiger partial charge in [0.15, 0.2) is 5.78 Å². The van der Waals surface area contributed by atoms with Gasteiger partial charge in [-0.3, -0.25) is 4.79 Å². The van der Waals surface area contributed by atoms with Crippen LogP contribution < -0.4 is 5.32 Å². The Morgan fingerprint density at radius 1 is 0.971 bits per heavy atom. The highest BCUT2D eigenvalue weighted by molar-refractivity contribution is 9.10. The van der Waals surface area contributed by atoms with Gasteiger partial charge >= 0.3 is 5.97 Å². The highest BCUT2D eigenvalue weighted by atomic mass is 79.9. The van der Waals surface area contributed by atoms with E-state index in [1.165, 1.54) is 12.0 Å². The van der Waals surface area contributed by atoms with Crippen LogP contribution in [0.4, 0.5) is 0 Å². The van der Waals surface area contributed by atoms with Gasteiger partial charge in [0.2, 0.25) is 0 Å². The maximum absolute atomic E-state index is 13.7. The van der Waals surface area contributed by atoms with Gasteiger partial charge in [0.1, 0.15) is 6.10 Å². The minimum Gasteiger partial charge on any atom is -0.459 e. The lowest BCUT2D eigenvalue weighted by molar-refractivity contribution is -0.146. The van der Waals surface area contributed by atoms with Crippen molar-refractivity contribution in [2.75, 3.05) is 0 Å². The van der Waals surface area contributed by atoms with Gasteiger partial charge in [0, 0.05) is 33.8 Å². The van der Waals surface area contributed by atoms with E-state index in [0.29, 0.717) is 17.6 Å². The fourth-order valence-corrected chi connectivity index (χ4v) is 6.10. The molecule has 0 aromatic heterocycles. The molecule has 3 aliphatic rings. The third kappa shape index (κ3) is 4.63. The largest absolute Gasteiger partial charge is 0.459 e. The molecule has 176 valence electrons. The summed E-state index contributed by atoms with van der Waals surface area (Å²) < 4.78 is 6.93. The van der Waals surface area contributed by atoms with Gasteiger partial charge in [0.05, 0.1) is 5.57 Å². The quantitative estimate of drug-likeness (QED) is 0.457. The van der Waals surface area contributed by atoms with Crippen molar-refractivity contribution in [2.24, 2.45) is 0 Å². The molecule has 2 aromatic carbocycles. The van der Waals surface area contributed by atoms with Crippen LogP contribution in [0.2, 0.25) is 0 Å². The van der Waals surface area contributed by atoms with Crippen LogP contribution in [0, 0.1) is 0 Å². The Labute approximate surface area is 209 Å². The molecule has 2 aliphatic carbocycles. The summed E-state index contributed by atoms with van der Waals surface area (Å²) in [6.45, 7) is 1.93. The maximum atomic E-state index is 13.7. The third-order valence-electron chi connectivity index (χ3n) is 7.33. The molecule has 1 aliphatic heterocycles. The fourth-order valence-electron chi connectivity index (χ4n) is 5.69. The molecular formula is C29H30BrNO3. The minimum atomic E-state index is -0.422. The van der Waals surface area contributed by atoms with E-state index in [1.807, 2.05) is 49.4 Å². The molecule has 5 rings (SSSR count). The van der Waals surface area contributed by atoms with E-state index in [1.54, 1.807) is 0 Å². The number of allylic oxidation sites excluding steroid dienone is 3. The van der Waals surface area contributed by atoms with E-state index in [-0.39, 0.29) is 23.8 Å². The first-order chi connectivity index (χ1) is 16.5. The van der Waals surface area contributed by atoms with E-state index < -0.39 is 5.92 Å². The molecule has 0 radical (unpaired) electrons. The summed E-state index contributed by atoms with van der Waals surface area (Å²) in [4.78, 5) is 27.2. The van der Waals surface area contributed by atoms with Crippen molar-refractivity contribution in [3.05, 3.63) is 92.7 Å². The molecule has 34 heavy (non-hydrogen) atoms. The summed E-state index contributed by atoms with van der Waals surface area (Å²) in [5.74, 6) is -0.491. The lowest BCUT2D eigenvalue weighted by Gasteiger charge is -2.37. The van der Waals surface area contributed by atoms with Crippen LogP contribution in [-0.4, -0.2) is 17.9 Å². The lowest BCUT2D eigenvalue weighted by Crippen LogP contribution is -2.37. The van der Waals surface area contributed by atoms with E-state index in [0.717, 1.165) is 53.5 Å². The van der Waals surface area contributed by atoms with Gasteiger partial charge in [-0.2, -0.15) is 0 Å². The first-order valence-electron chi connectivity index (χ1n) is 12.3. The first kappa shape index (κ1) is 23.1. The summed E-state index contributed by atoms with van der Waals surface area (Å²) in [5, 5.41) is 3.46. The summed E-state index contributed by atoms with van der Waals surface area (Å²) in [7, 11) is 0. The van der Waals surface area contributed by atoms with Gasteiger partial charge in [0.25, 0.3) is 0 Å². The highest BCUT2D eigenvalue weighted by Crippen LogP contribution is 2.46. The number of carbonyl (C=O) groups is 2. The van der Waals surface area contributed by atoms with Crippen LogP contribution in [0.3, 0.4) is 0 Å². The number of hydrogen-bond donors (Lipinski definition) is 1. The van der Waals surface area contributed by atoms with Crippen molar-refractivity contribution in [1.82, 2.24) is 5.32 Å². The fraction of sp³-hybridized carbons (Fsp3) is 0.379. The molecule has 1 saturated carbocycles. The predicted molar refractivity (Wildman–Crippen MR) is 136 cm³/mol. The van der Waals surface area contributed by atoms with Gasteiger partial charge in [-0.15, -0.1) is 0 Å². The number of nitrogens with one attached hydrogen (secondary N) is 1. The number of ketones is 1. The Morgan fingerprint density at radius 3 is 2.44 bits per heavy atom. The molecule has 1 heterocycles. The van der Waals surface area contributed by atoms with Gasteiger partial charge in [-0.25, -0.2) is 4.79 Å². The van der Waals surface area contributed by atoms with Crippen LogP contribution >= 0.6 is 15.9 Å². The van der Waals surface area contributed by atoms with E-state index in [2.05, 4.69) is 33.4 Å². The molecule has 0 spiro atoms. The third-order valence-corrected chi connectivity index (χ3v) is 7.82. The minimum absolute atomic E-state index is 0.0374. The first-order valence-corrected chi connectivity index (χ1v) is 13.1. The highest BCUT2D eigenvalue weighted by Gasteiger charge is 2.42. The van der Waals surface area contributed by atoms with Crippen molar-refractivity contribution in [1.29, 1.82) is 0 Å². The van der Waals surface area contributed by atoms with Crippen molar-refractivity contribution in [3.8, 4) is 0 Å². The molecule has 1 fully saturated rings. The Kier molecular flexibility index (Phi) is 6.73. The van der Waals surface area contributed by atoms with Gasteiger partial charge < -0.3 is 10.1 Å². The summed E-state index contributed by atoms with van der Waals surface area (Å²) >= 11 is 3.57. The summed E-state index contributed by atoms with van der Waals surface area (Å²) in [6, 6.07) is 18.2. The van der Waals surface area contributed by atoms with Crippen molar-refractivity contribution in [3.63, 3.8) is 0 Å². The van der Waals surface area contributed by atoms with Crippen LogP contribution in [0.25, 0.3) is 0 Å². The second kappa shape index (κ2) is 9.91. The number of hydrogen-bond acceptors (Lipinski definition) is 4. The van der Waals surface area contributed by atoms with Crippen LogP contribution in [-0.2, 0) is 14.3 Å². The van der Waals surface area contributed by atoms with Crippen LogP contribution in [0.1, 0.15) is 74.8 Å². The second-order valence-corrected chi connectivity index (χ2v) is 10.6. The van der Waals surface area contributed by atoms with Crippen molar-refractivity contribution >= 4 is 27.7 Å². The molecule has 4 nitrogen and oxygen atoms in total. The molecule has 2 aromatic rings. The monoisotopic (exact) mass is 519 g/mol. The number of carbonyl (C=O) groups excluding carboxylic acids is 2. The number of dihydropyridines is 1. The normalized spacial score (nSPS) is 23.4. The van der Waals surface area contributed by atoms with E-state index >= 15 is 0 Å². The number of ether oxygens (including phenoxy) is 1. The predicted octanol–water partition coefficient (Wildman–Crippen LogP) is 6.69. The molecule has 0 bridgehead atoms. The molecule has 0 saturated heterocycles.